The summed E-state index contributed by atoms with van der Waals surface area (Å²) < 4.78 is 5.81. The van der Waals surface area contributed by atoms with E-state index < -0.39 is 0 Å². The van der Waals surface area contributed by atoms with Gasteiger partial charge in [-0.05, 0) is 17.7 Å². The predicted molar refractivity (Wildman–Crippen MR) is 87.5 cm³/mol. The molecule has 0 N–H and O–H groups in total. The van der Waals surface area contributed by atoms with E-state index in [0.29, 0.717) is 28.6 Å². The third kappa shape index (κ3) is 2.95. The van der Waals surface area contributed by atoms with Crippen LogP contribution in [0.25, 0.3) is 10.9 Å². The summed E-state index contributed by atoms with van der Waals surface area (Å²) in [4.78, 5) is 16.2. The molecule has 0 aliphatic carbocycles. The molecule has 2 aromatic carbocycles. The lowest BCUT2D eigenvalue weighted by molar-refractivity contribution is 0.100. The first-order chi connectivity index (χ1) is 10.6. The van der Waals surface area contributed by atoms with E-state index in [2.05, 4.69) is 4.98 Å². The topological polar surface area (TPSA) is 39.2 Å². The number of fused-ring (bicyclic) bond motifs is 1. The number of rotatable bonds is 4. The highest BCUT2D eigenvalue weighted by Gasteiger charge is 2.14. The Labute approximate surface area is 133 Å². The van der Waals surface area contributed by atoms with Crippen LogP contribution in [0.15, 0.2) is 54.6 Å². The smallest absolute Gasteiger partial charge is 0.181 e. The first-order valence-corrected chi connectivity index (χ1v) is 7.30. The molecule has 3 aromatic rings. The van der Waals surface area contributed by atoms with Crippen LogP contribution in [-0.4, -0.2) is 10.8 Å². The van der Waals surface area contributed by atoms with E-state index in [9.17, 15) is 4.79 Å². The van der Waals surface area contributed by atoms with Gasteiger partial charge in [-0.15, -0.1) is 0 Å². The molecule has 3 nitrogen and oxygen atoms in total. The van der Waals surface area contributed by atoms with Gasteiger partial charge in [-0.3, -0.25) is 4.79 Å². The van der Waals surface area contributed by atoms with Gasteiger partial charge in [-0.1, -0.05) is 54.1 Å². The second-order valence-electron chi connectivity index (χ2n) is 4.98. The SMILES string of the molecule is CC(=O)c1nc2c(Cl)cccc2cc1OCc1ccccc1. The lowest BCUT2D eigenvalue weighted by Gasteiger charge is -2.11. The second kappa shape index (κ2) is 6.16. The molecule has 0 saturated heterocycles. The molecule has 0 aliphatic heterocycles. The maximum Gasteiger partial charge on any atom is 0.181 e. The predicted octanol–water partition coefficient (Wildman–Crippen LogP) is 4.67. The number of carbonyl (C=O) groups is 1. The second-order valence-corrected chi connectivity index (χ2v) is 5.38. The summed E-state index contributed by atoms with van der Waals surface area (Å²) in [7, 11) is 0. The number of carbonyl (C=O) groups excluding carboxylic acids is 1. The number of nitrogens with zero attached hydrogens (tertiary/aromatic N) is 1. The summed E-state index contributed by atoms with van der Waals surface area (Å²) in [6.07, 6.45) is 0. The largest absolute Gasteiger partial charge is 0.486 e. The molecule has 0 amide bonds. The van der Waals surface area contributed by atoms with Crippen LogP contribution in [-0.2, 0) is 6.61 Å². The van der Waals surface area contributed by atoms with E-state index in [-0.39, 0.29) is 5.78 Å². The summed E-state index contributed by atoms with van der Waals surface area (Å²) in [5.41, 5.74) is 1.95. The van der Waals surface area contributed by atoms with Gasteiger partial charge in [0.25, 0.3) is 0 Å². The number of aromatic nitrogens is 1. The van der Waals surface area contributed by atoms with Crippen molar-refractivity contribution >= 4 is 28.3 Å². The Morgan fingerprint density at radius 1 is 1.14 bits per heavy atom. The van der Waals surface area contributed by atoms with Crippen LogP contribution in [0.4, 0.5) is 0 Å². The molecule has 0 fully saturated rings. The van der Waals surface area contributed by atoms with Crippen molar-refractivity contribution in [1.29, 1.82) is 0 Å². The molecular formula is C18H14ClNO2. The van der Waals surface area contributed by atoms with Gasteiger partial charge in [0.2, 0.25) is 0 Å². The maximum absolute atomic E-state index is 11.8. The minimum Gasteiger partial charge on any atom is -0.486 e. The van der Waals surface area contributed by atoms with Crippen LogP contribution in [0.3, 0.4) is 0 Å². The van der Waals surface area contributed by atoms with Crippen LogP contribution in [0, 0.1) is 0 Å². The van der Waals surface area contributed by atoms with Crippen molar-refractivity contribution in [2.45, 2.75) is 13.5 Å². The fourth-order valence-electron chi connectivity index (χ4n) is 2.24. The molecule has 1 aromatic heterocycles. The molecule has 0 aliphatic rings. The summed E-state index contributed by atoms with van der Waals surface area (Å²) in [5, 5.41) is 1.37. The van der Waals surface area contributed by atoms with Crippen molar-refractivity contribution in [3.05, 3.63) is 70.9 Å². The monoisotopic (exact) mass is 311 g/mol. The Kier molecular flexibility index (Phi) is 4.07. The van der Waals surface area contributed by atoms with Gasteiger partial charge in [-0.25, -0.2) is 4.98 Å². The molecule has 0 atom stereocenters. The van der Waals surface area contributed by atoms with Crippen LogP contribution in [0.1, 0.15) is 23.0 Å². The zero-order valence-electron chi connectivity index (χ0n) is 12.0. The summed E-state index contributed by atoms with van der Waals surface area (Å²) >= 11 is 6.14. The summed E-state index contributed by atoms with van der Waals surface area (Å²) in [6.45, 7) is 1.86. The van der Waals surface area contributed by atoms with Crippen LogP contribution >= 0.6 is 11.6 Å². The molecule has 1 heterocycles. The molecule has 3 rings (SSSR count). The van der Waals surface area contributed by atoms with E-state index in [0.717, 1.165) is 10.9 Å². The zero-order valence-corrected chi connectivity index (χ0v) is 12.8. The van der Waals surface area contributed by atoms with Crippen LogP contribution < -0.4 is 4.74 Å². The Balaban J connectivity index is 2.00. The number of hydrogen-bond donors (Lipinski definition) is 0. The lowest BCUT2D eigenvalue weighted by Crippen LogP contribution is -2.04. The molecule has 4 heteroatoms. The van der Waals surface area contributed by atoms with E-state index in [1.165, 1.54) is 6.92 Å². The van der Waals surface area contributed by atoms with Gasteiger partial charge >= 0.3 is 0 Å². The fourth-order valence-corrected chi connectivity index (χ4v) is 2.46. The van der Waals surface area contributed by atoms with E-state index in [1.807, 2.05) is 48.5 Å². The fraction of sp³-hybridized carbons (Fsp3) is 0.111. The van der Waals surface area contributed by atoms with Crippen molar-refractivity contribution in [2.24, 2.45) is 0 Å². The average molecular weight is 312 g/mol. The van der Waals surface area contributed by atoms with Gasteiger partial charge in [0, 0.05) is 12.3 Å². The van der Waals surface area contributed by atoms with Gasteiger partial charge in [0.1, 0.15) is 18.1 Å². The Hall–Kier alpha value is -2.39. The standard InChI is InChI=1S/C18H14ClNO2/c1-12(21)17-16(22-11-13-6-3-2-4-7-13)10-14-8-5-9-15(19)18(14)20-17/h2-10H,11H2,1H3. The highest BCUT2D eigenvalue weighted by Crippen LogP contribution is 2.28. The molecule has 0 saturated carbocycles. The average Bonchev–Trinajstić information content (AvgIpc) is 2.53. The number of benzene rings is 2. The molecule has 22 heavy (non-hydrogen) atoms. The minimum absolute atomic E-state index is 0.148. The van der Waals surface area contributed by atoms with Crippen LogP contribution in [0.2, 0.25) is 5.02 Å². The first-order valence-electron chi connectivity index (χ1n) is 6.92. The quantitative estimate of drug-likeness (QED) is 0.657. The molecule has 0 radical (unpaired) electrons. The zero-order chi connectivity index (χ0) is 15.5. The third-order valence-electron chi connectivity index (χ3n) is 3.33. The minimum atomic E-state index is -0.148. The normalized spacial score (nSPS) is 10.6. The van der Waals surface area contributed by atoms with Gasteiger partial charge in [0.05, 0.1) is 10.5 Å². The van der Waals surface area contributed by atoms with Crippen LogP contribution in [0.5, 0.6) is 5.75 Å². The number of pyridine rings is 1. The first kappa shape index (κ1) is 14.5. The number of para-hydroxylation sites is 1. The Morgan fingerprint density at radius 2 is 1.91 bits per heavy atom. The van der Waals surface area contributed by atoms with Crippen molar-refractivity contribution in [3.63, 3.8) is 0 Å². The highest BCUT2D eigenvalue weighted by atomic mass is 35.5. The molecule has 110 valence electrons. The Morgan fingerprint density at radius 3 is 2.64 bits per heavy atom. The summed E-state index contributed by atoms with van der Waals surface area (Å²) in [5.74, 6) is 0.330. The molecule has 0 unspecified atom stereocenters. The van der Waals surface area contributed by atoms with Gasteiger partial charge < -0.3 is 4.74 Å². The van der Waals surface area contributed by atoms with Crippen molar-refractivity contribution in [1.82, 2.24) is 4.98 Å². The lowest BCUT2D eigenvalue weighted by atomic mass is 10.1. The van der Waals surface area contributed by atoms with Gasteiger partial charge in [0.15, 0.2) is 5.78 Å². The van der Waals surface area contributed by atoms with E-state index in [1.54, 1.807) is 6.07 Å². The maximum atomic E-state index is 11.8. The number of ketones is 1. The van der Waals surface area contributed by atoms with Crippen molar-refractivity contribution in [2.75, 3.05) is 0 Å². The molecule has 0 spiro atoms. The Bertz CT molecular complexity index is 831. The third-order valence-corrected chi connectivity index (χ3v) is 3.64. The van der Waals surface area contributed by atoms with Crippen molar-refractivity contribution in [3.8, 4) is 5.75 Å². The van der Waals surface area contributed by atoms with Crippen molar-refractivity contribution < 1.29 is 9.53 Å². The highest BCUT2D eigenvalue weighted by molar-refractivity contribution is 6.35. The number of Topliss-reactive ketones (excluding diaryl/α,β-unsaturated/α-hetero) is 1. The van der Waals surface area contributed by atoms with E-state index >= 15 is 0 Å². The number of hydrogen-bond acceptors (Lipinski definition) is 3. The molecule has 0 bridgehead atoms. The summed E-state index contributed by atoms with van der Waals surface area (Å²) in [6, 6.07) is 17.1. The number of ether oxygens (including phenoxy) is 1. The molecular weight excluding hydrogens is 298 g/mol. The van der Waals surface area contributed by atoms with Gasteiger partial charge in [-0.2, -0.15) is 0 Å². The van der Waals surface area contributed by atoms with E-state index in [4.69, 9.17) is 16.3 Å². The number of halogens is 1.